The molecule has 1 saturated heterocycles. The van der Waals surface area contributed by atoms with Gasteiger partial charge in [-0.2, -0.15) is 4.98 Å². The second-order valence-electron chi connectivity index (χ2n) is 3.88. The molecule has 0 bridgehead atoms. The van der Waals surface area contributed by atoms with Crippen LogP contribution in [-0.4, -0.2) is 30.3 Å². The van der Waals surface area contributed by atoms with Gasteiger partial charge in [0.25, 0.3) is 0 Å². The van der Waals surface area contributed by atoms with Crippen LogP contribution >= 0.6 is 0 Å². The van der Waals surface area contributed by atoms with Crippen molar-refractivity contribution in [1.82, 2.24) is 10.3 Å². The highest BCUT2D eigenvalue weighted by Gasteiger charge is 2.18. The van der Waals surface area contributed by atoms with Crippen LogP contribution in [-0.2, 0) is 0 Å². The average Bonchev–Trinajstić information content (AvgIpc) is 2.11. The Labute approximate surface area is 89.6 Å². The van der Waals surface area contributed by atoms with Crippen molar-refractivity contribution in [3.63, 3.8) is 0 Å². The SMILES string of the molecule is CC(C)Oc1cccc(OC2CNC2)n1. The second-order valence-corrected chi connectivity index (χ2v) is 3.88. The minimum atomic E-state index is 0.137. The first-order valence-corrected chi connectivity index (χ1v) is 5.25. The Morgan fingerprint density at radius 2 is 2.07 bits per heavy atom. The second kappa shape index (κ2) is 4.49. The summed E-state index contributed by atoms with van der Waals surface area (Å²) in [5.41, 5.74) is 0. The molecule has 15 heavy (non-hydrogen) atoms. The van der Waals surface area contributed by atoms with Crippen molar-refractivity contribution in [2.75, 3.05) is 13.1 Å². The van der Waals surface area contributed by atoms with Crippen LogP contribution in [0, 0.1) is 0 Å². The smallest absolute Gasteiger partial charge is 0.216 e. The zero-order chi connectivity index (χ0) is 10.7. The zero-order valence-corrected chi connectivity index (χ0v) is 9.06. The van der Waals surface area contributed by atoms with Crippen LogP contribution in [0.2, 0.25) is 0 Å². The summed E-state index contributed by atoms with van der Waals surface area (Å²) in [6.45, 7) is 5.75. The van der Waals surface area contributed by atoms with Crippen molar-refractivity contribution in [3.05, 3.63) is 18.2 Å². The van der Waals surface area contributed by atoms with E-state index in [2.05, 4.69) is 10.3 Å². The Bertz CT molecular complexity index is 324. The number of aromatic nitrogens is 1. The standard InChI is InChI=1S/C11H16N2O2/c1-8(2)14-10-4-3-5-11(13-10)15-9-6-12-7-9/h3-5,8-9,12H,6-7H2,1-2H3. The molecule has 82 valence electrons. The van der Waals surface area contributed by atoms with Crippen molar-refractivity contribution >= 4 is 0 Å². The van der Waals surface area contributed by atoms with E-state index < -0.39 is 0 Å². The van der Waals surface area contributed by atoms with Gasteiger partial charge in [0, 0.05) is 25.2 Å². The molecule has 1 N–H and O–H groups in total. The zero-order valence-electron chi connectivity index (χ0n) is 9.06. The molecule has 0 aliphatic carbocycles. The summed E-state index contributed by atoms with van der Waals surface area (Å²) in [4.78, 5) is 4.26. The first-order valence-electron chi connectivity index (χ1n) is 5.25. The molecule has 0 atom stereocenters. The third-order valence-corrected chi connectivity index (χ3v) is 2.09. The fraction of sp³-hybridized carbons (Fsp3) is 0.545. The number of hydrogen-bond acceptors (Lipinski definition) is 4. The van der Waals surface area contributed by atoms with Gasteiger partial charge in [0.2, 0.25) is 11.8 Å². The minimum Gasteiger partial charge on any atom is -0.475 e. The molecule has 2 heterocycles. The summed E-state index contributed by atoms with van der Waals surface area (Å²) in [6.07, 6.45) is 0.393. The van der Waals surface area contributed by atoms with Gasteiger partial charge < -0.3 is 14.8 Å². The molecule has 0 spiro atoms. The van der Waals surface area contributed by atoms with E-state index >= 15 is 0 Å². The topological polar surface area (TPSA) is 43.4 Å². The Kier molecular flexibility index (Phi) is 3.06. The molecule has 2 rings (SSSR count). The Balaban J connectivity index is 1.98. The van der Waals surface area contributed by atoms with Crippen LogP contribution in [0.1, 0.15) is 13.8 Å². The molecule has 0 unspecified atom stereocenters. The van der Waals surface area contributed by atoms with Crippen LogP contribution in [0.5, 0.6) is 11.8 Å². The van der Waals surface area contributed by atoms with Gasteiger partial charge in [-0.25, -0.2) is 0 Å². The van der Waals surface area contributed by atoms with Crippen molar-refractivity contribution in [2.24, 2.45) is 0 Å². The molecular weight excluding hydrogens is 192 g/mol. The lowest BCUT2D eigenvalue weighted by Crippen LogP contribution is -2.50. The number of rotatable bonds is 4. The summed E-state index contributed by atoms with van der Waals surface area (Å²) in [6, 6.07) is 5.59. The van der Waals surface area contributed by atoms with E-state index in [0.29, 0.717) is 11.8 Å². The lowest BCUT2D eigenvalue weighted by Gasteiger charge is -2.27. The largest absolute Gasteiger partial charge is 0.475 e. The van der Waals surface area contributed by atoms with Crippen molar-refractivity contribution in [1.29, 1.82) is 0 Å². The molecule has 0 saturated carbocycles. The third-order valence-electron chi connectivity index (χ3n) is 2.09. The molecule has 0 aromatic carbocycles. The summed E-state index contributed by atoms with van der Waals surface area (Å²) in [5, 5.41) is 3.14. The average molecular weight is 208 g/mol. The predicted molar refractivity (Wildman–Crippen MR) is 57.3 cm³/mol. The summed E-state index contributed by atoms with van der Waals surface area (Å²) >= 11 is 0. The highest BCUT2D eigenvalue weighted by atomic mass is 16.5. The lowest BCUT2D eigenvalue weighted by molar-refractivity contribution is 0.133. The van der Waals surface area contributed by atoms with Gasteiger partial charge in [-0.15, -0.1) is 0 Å². The maximum atomic E-state index is 5.62. The Morgan fingerprint density at radius 3 is 2.67 bits per heavy atom. The third kappa shape index (κ3) is 2.83. The van der Waals surface area contributed by atoms with Gasteiger partial charge in [-0.1, -0.05) is 6.07 Å². The maximum absolute atomic E-state index is 5.62. The van der Waals surface area contributed by atoms with E-state index in [1.54, 1.807) is 0 Å². The van der Waals surface area contributed by atoms with Gasteiger partial charge in [-0.05, 0) is 13.8 Å². The molecule has 1 aliphatic heterocycles. The lowest BCUT2D eigenvalue weighted by atomic mass is 10.2. The van der Waals surface area contributed by atoms with Gasteiger partial charge in [-0.3, -0.25) is 0 Å². The molecule has 4 heteroatoms. The predicted octanol–water partition coefficient (Wildman–Crippen LogP) is 1.22. The summed E-state index contributed by atoms with van der Waals surface area (Å²) in [7, 11) is 0. The summed E-state index contributed by atoms with van der Waals surface area (Å²) < 4.78 is 11.1. The fourth-order valence-corrected chi connectivity index (χ4v) is 1.28. The molecular formula is C11H16N2O2. The molecule has 1 fully saturated rings. The van der Waals surface area contributed by atoms with Crippen molar-refractivity contribution in [3.8, 4) is 11.8 Å². The monoisotopic (exact) mass is 208 g/mol. The number of nitrogens with zero attached hydrogens (tertiary/aromatic N) is 1. The molecule has 0 amide bonds. The Morgan fingerprint density at radius 1 is 1.33 bits per heavy atom. The Hall–Kier alpha value is -1.29. The quantitative estimate of drug-likeness (QED) is 0.808. The highest BCUT2D eigenvalue weighted by molar-refractivity contribution is 5.20. The van der Waals surface area contributed by atoms with Gasteiger partial charge >= 0.3 is 0 Å². The van der Waals surface area contributed by atoms with E-state index in [1.165, 1.54) is 0 Å². The maximum Gasteiger partial charge on any atom is 0.216 e. The molecule has 1 aliphatic rings. The first kappa shape index (κ1) is 10.2. The van der Waals surface area contributed by atoms with E-state index in [1.807, 2.05) is 32.0 Å². The molecule has 1 aromatic heterocycles. The highest BCUT2D eigenvalue weighted by Crippen LogP contribution is 2.16. The number of pyridine rings is 1. The molecule has 1 aromatic rings. The normalized spacial score (nSPS) is 16.2. The van der Waals surface area contributed by atoms with Crippen LogP contribution in [0.3, 0.4) is 0 Å². The van der Waals surface area contributed by atoms with Gasteiger partial charge in [0.15, 0.2) is 0 Å². The van der Waals surface area contributed by atoms with Crippen molar-refractivity contribution in [2.45, 2.75) is 26.1 Å². The number of nitrogens with one attached hydrogen (secondary N) is 1. The number of hydrogen-bond donors (Lipinski definition) is 1. The van der Waals surface area contributed by atoms with E-state index in [4.69, 9.17) is 9.47 Å². The summed E-state index contributed by atoms with van der Waals surface area (Å²) in [5.74, 6) is 1.26. The minimum absolute atomic E-state index is 0.137. The van der Waals surface area contributed by atoms with E-state index in [-0.39, 0.29) is 12.2 Å². The van der Waals surface area contributed by atoms with Crippen LogP contribution < -0.4 is 14.8 Å². The molecule has 4 nitrogen and oxygen atoms in total. The van der Waals surface area contributed by atoms with E-state index in [9.17, 15) is 0 Å². The van der Waals surface area contributed by atoms with E-state index in [0.717, 1.165) is 13.1 Å². The van der Waals surface area contributed by atoms with Crippen LogP contribution in [0.25, 0.3) is 0 Å². The van der Waals surface area contributed by atoms with Crippen LogP contribution in [0.4, 0.5) is 0 Å². The van der Waals surface area contributed by atoms with Gasteiger partial charge in [0.05, 0.1) is 6.10 Å². The van der Waals surface area contributed by atoms with Crippen molar-refractivity contribution < 1.29 is 9.47 Å². The first-order chi connectivity index (χ1) is 7.24. The van der Waals surface area contributed by atoms with Gasteiger partial charge in [0.1, 0.15) is 6.10 Å². The molecule has 0 radical (unpaired) electrons. The fourth-order valence-electron chi connectivity index (χ4n) is 1.28. The number of ether oxygens (including phenoxy) is 2. The van der Waals surface area contributed by atoms with Crippen LogP contribution in [0.15, 0.2) is 18.2 Å².